The van der Waals surface area contributed by atoms with Crippen molar-refractivity contribution in [1.82, 2.24) is 9.29 Å². The highest BCUT2D eigenvalue weighted by Crippen LogP contribution is 2.28. The van der Waals surface area contributed by atoms with Crippen molar-refractivity contribution in [2.75, 3.05) is 11.9 Å². The van der Waals surface area contributed by atoms with E-state index in [0.717, 1.165) is 11.1 Å². The lowest BCUT2D eigenvalue weighted by molar-refractivity contribution is 0.431. The summed E-state index contributed by atoms with van der Waals surface area (Å²) in [6.07, 6.45) is 1.52. The SMILES string of the molecule is CCNc1cc(S(=O)(=O)N2Cc3ccccc3C2)ccn1. The molecule has 0 spiro atoms. The minimum absolute atomic E-state index is 0.279. The van der Waals surface area contributed by atoms with Gasteiger partial charge in [0.2, 0.25) is 10.0 Å². The molecular weight excluding hydrogens is 286 g/mol. The van der Waals surface area contributed by atoms with Crippen LogP contribution in [0.1, 0.15) is 18.1 Å². The fourth-order valence-electron chi connectivity index (χ4n) is 2.47. The predicted octanol–water partition coefficient (Wildman–Crippen LogP) is 2.22. The minimum Gasteiger partial charge on any atom is -0.370 e. The molecular formula is C15H17N3O2S. The van der Waals surface area contributed by atoms with Crippen LogP contribution in [0.15, 0.2) is 47.5 Å². The van der Waals surface area contributed by atoms with Crippen LogP contribution in [0, 0.1) is 0 Å². The van der Waals surface area contributed by atoms with Crippen molar-refractivity contribution in [1.29, 1.82) is 0 Å². The molecule has 1 aromatic heterocycles. The van der Waals surface area contributed by atoms with Gasteiger partial charge in [0.05, 0.1) is 4.90 Å². The van der Waals surface area contributed by atoms with Crippen LogP contribution in [0.3, 0.4) is 0 Å². The molecule has 1 aliphatic heterocycles. The summed E-state index contributed by atoms with van der Waals surface area (Å²) in [5.41, 5.74) is 2.14. The van der Waals surface area contributed by atoms with E-state index in [-0.39, 0.29) is 4.90 Å². The topological polar surface area (TPSA) is 62.3 Å². The Balaban J connectivity index is 1.90. The van der Waals surface area contributed by atoms with Gasteiger partial charge in [0.15, 0.2) is 0 Å². The minimum atomic E-state index is -3.49. The molecule has 6 heteroatoms. The summed E-state index contributed by atoms with van der Waals surface area (Å²) in [4.78, 5) is 4.39. The molecule has 1 aliphatic rings. The molecule has 0 atom stereocenters. The molecule has 1 N–H and O–H groups in total. The third kappa shape index (κ3) is 2.64. The van der Waals surface area contributed by atoms with E-state index in [4.69, 9.17) is 0 Å². The monoisotopic (exact) mass is 303 g/mol. The van der Waals surface area contributed by atoms with Gasteiger partial charge >= 0.3 is 0 Å². The predicted molar refractivity (Wildman–Crippen MR) is 81.3 cm³/mol. The number of hydrogen-bond acceptors (Lipinski definition) is 4. The van der Waals surface area contributed by atoms with Gasteiger partial charge in [0, 0.05) is 31.9 Å². The first-order chi connectivity index (χ1) is 10.1. The Morgan fingerprint density at radius 1 is 1.19 bits per heavy atom. The van der Waals surface area contributed by atoms with Gasteiger partial charge in [-0.15, -0.1) is 0 Å². The third-order valence-electron chi connectivity index (χ3n) is 3.54. The van der Waals surface area contributed by atoms with Gasteiger partial charge in [0.25, 0.3) is 0 Å². The molecule has 0 saturated carbocycles. The Bertz CT molecular complexity index is 734. The molecule has 5 nitrogen and oxygen atoms in total. The van der Waals surface area contributed by atoms with E-state index in [0.29, 0.717) is 25.5 Å². The Kier molecular flexibility index (Phi) is 3.65. The Labute approximate surface area is 124 Å². The van der Waals surface area contributed by atoms with Crippen molar-refractivity contribution in [3.05, 3.63) is 53.7 Å². The average Bonchev–Trinajstić information content (AvgIpc) is 2.92. The summed E-state index contributed by atoms with van der Waals surface area (Å²) >= 11 is 0. The fourth-order valence-corrected chi connectivity index (χ4v) is 3.88. The maximum absolute atomic E-state index is 12.7. The van der Waals surface area contributed by atoms with E-state index in [1.54, 1.807) is 12.1 Å². The van der Waals surface area contributed by atoms with Crippen LogP contribution in [-0.2, 0) is 23.1 Å². The second kappa shape index (κ2) is 5.46. The van der Waals surface area contributed by atoms with Crippen molar-refractivity contribution in [2.24, 2.45) is 0 Å². The molecule has 0 radical (unpaired) electrons. The summed E-state index contributed by atoms with van der Waals surface area (Å²) in [6.45, 7) is 3.50. The smallest absolute Gasteiger partial charge is 0.243 e. The Hall–Kier alpha value is -1.92. The van der Waals surface area contributed by atoms with Crippen molar-refractivity contribution >= 4 is 15.8 Å². The number of nitrogens with one attached hydrogen (secondary N) is 1. The molecule has 2 heterocycles. The standard InChI is InChI=1S/C15H17N3O2S/c1-2-16-15-9-14(7-8-17-15)21(19,20)18-10-12-5-3-4-6-13(12)11-18/h3-9H,2,10-11H2,1H3,(H,16,17). The molecule has 0 fully saturated rings. The second-order valence-corrected chi connectivity index (χ2v) is 6.89. The third-order valence-corrected chi connectivity index (χ3v) is 5.33. The lowest BCUT2D eigenvalue weighted by Gasteiger charge is -2.16. The largest absolute Gasteiger partial charge is 0.370 e. The number of aromatic nitrogens is 1. The summed E-state index contributed by atoms with van der Waals surface area (Å²) in [5, 5.41) is 3.03. The van der Waals surface area contributed by atoms with Crippen molar-refractivity contribution < 1.29 is 8.42 Å². The van der Waals surface area contributed by atoms with Gasteiger partial charge in [-0.25, -0.2) is 13.4 Å². The molecule has 0 aliphatic carbocycles. The molecule has 1 aromatic carbocycles. The first-order valence-corrected chi connectivity index (χ1v) is 8.32. The van der Waals surface area contributed by atoms with E-state index in [9.17, 15) is 8.42 Å². The van der Waals surface area contributed by atoms with Gasteiger partial charge in [-0.2, -0.15) is 4.31 Å². The number of pyridine rings is 1. The number of nitrogens with zero attached hydrogens (tertiary/aromatic N) is 2. The second-order valence-electron chi connectivity index (χ2n) is 4.95. The van der Waals surface area contributed by atoms with Crippen LogP contribution in [0.25, 0.3) is 0 Å². The molecule has 110 valence electrons. The van der Waals surface area contributed by atoms with E-state index in [2.05, 4.69) is 10.3 Å². The normalized spacial score (nSPS) is 14.9. The van der Waals surface area contributed by atoms with Crippen LogP contribution in [-0.4, -0.2) is 24.3 Å². The zero-order chi connectivity index (χ0) is 14.9. The average molecular weight is 303 g/mol. The maximum Gasteiger partial charge on any atom is 0.243 e. The van der Waals surface area contributed by atoms with Crippen LogP contribution in [0.5, 0.6) is 0 Å². The number of rotatable bonds is 4. The quantitative estimate of drug-likeness (QED) is 0.940. The summed E-state index contributed by atoms with van der Waals surface area (Å²) in [5.74, 6) is 0.579. The Morgan fingerprint density at radius 2 is 1.86 bits per heavy atom. The van der Waals surface area contributed by atoms with E-state index in [1.165, 1.54) is 10.5 Å². The highest BCUT2D eigenvalue weighted by atomic mass is 32.2. The van der Waals surface area contributed by atoms with Crippen molar-refractivity contribution in [3.8, 4) is 0 Å². The number of hydrogen-bond donors (Lipinski definition) is 1. The number of anilines is 1. The van der Waals surface area contributed by atoms with Gasteiger partial charge in [-0.1, -0.05) is 24.3 Å². The molecule has 0 bridgehead atoms. The van der Waals surface area contributed by atoms with E-state index >= 15 is 0 Å². The fraction of sp³-hybridized carbons (Fsp3) is 0.267. The van der Waals surface area contributed by atoms with Crippen LogP contribution in [0.2, 0.25) is 0 Å². The van der Waals surface area contributed by atoms with Gasteiger partial charge in [0.1, 0.15) is 5.82 Å². The van der Waals surface area contributed by atoms with Gasteiger partial charge in [-0.05, 0) is 24.1 Å². The first-order valence-electron chi connectivity index (χ1n) is 6.88. The number of fused-ring (bicyclic) bond motifs is 1. The molecule has 0 unspecified atom stereocenters. The zero-order valence-corrected chi connectivity index (χ0v) is 12.6. The summed E-state index contributed by atoms with van der Waals surface area (Å²) in [6, 6.07) is 10.9. The zero-order valence-electron chi connectivity index (χ0n) is 11.8. The lowest BCUT2D eigenvalue weighted by Crippen LogP contribution is -2.25. The Morgan fingerprint density at radius 3 is 2.48 bits per heavy atom. The number of benzene rings is 1. The lowest BCUT2D eigenvalue weighted by atomic mass is 10.1. The van der Waals surface area contributed by atoms with E-state index in [1.807, 2.05) is 31.2 Å². The van der Waals surface area contributed by atoms with Crippen molar-refractivity contribution in [2.45, 2.75) is 24.9 Å². The molecule has 0 saturated heterocycles. The van der Waals surface area contributed by atoms with E-state index < -0.39 is 10.0 Å². The van der Waals surface area contributed by atoms with Crippen LogP contribution in [0.4, 0.5) is 5.82 Å². The summed E-state index contributed by atoms with van der Waals surface area (Å²) < 4.78 is 27.0. The van der Waals surface area contributed by atoms with Gasteiger partial charge < -0.3 is 5.32 Å². The molecule has 21 heavy (non-hydrogen) atoms. The highest BCUT2D eigenvalue weighted by Gasteiger charge is 2.30. The van der Waals surface area contributed by atoms with Crippen LogP contribution >= 0.6 is 0 Å². The maximum atomic E-state index is 12.7. The number of sulfonamides is 1. The summed E-state index contributed by atoms with van der Waals surface area (Å²) in [7, 11) is -3.49. The van der Waals surface area contributed by atoms with Crippen molar-refractivity contribution in [3.63, 3.8) is 0 Å². The molecule has 3 rings (SSSR count). The molecule has 2 aromatic rings. The van der Waals surface area contributed by atoms with Crippen LogP contribution < -0.4 is 5.32 Å². The van der Waals surface area contributed by atoms with Gasteiger partial charge in [-0.3, -0.25) is 0 Å². The first kappa shape index (κ1) is 14.0. The highest BCUT2D eigenvalue weighted by molar-refractivity contribution is 7.89. The molecule has 0 amide bonds.